The summed E-state index contributed by atoms with van der Waals surface area (Å²) in [5.41, 5.74) is 3.45. The molecule has 4 aromatic rings. The number of carbonyl (C=O) groups excluding carboxylic acids is 2. The van der Waals surface area contributed by atoms with Crippen molar-refractivity contribution in [2.24, 2.45) is 4.99 Å². The van der Waals surface area contributed by atoms with Crippen LogP contribution in [0.2, 0.25) is 0 Å². The monoisotopic (exact) mass is 528 g/mol. The highest BCUT2D eigenvalue weighted by atomic mass is 32.2. The number of hydrogen-bond acceptors (Lipinski definition) is 6. The van der Waals surface area contributed by atoms with Gasteiger partial charge in [0.15, 0.2) is 5.17 Å². The molecule has 1 aliphatic rings. The van der Waals surface area contributed by atoms with E-state index in [-0.39, 0.29) is 18.2 Å². The van der Waals surface area contributed by atoms with Crippen molar-refractivity contribution in [1.29, 1.82) is 0 Å². The Hall–Kier alpha value is -4.24. The third kappa shape index (κ3) is 5.68. The fourth-order valence-electron chi connectivity index (χ4n) is 4.35. The number of benzene rings is 3. The van der Waals surface area contributed by atoms with E-state index in [0.717, 1.165) is 22.2 Å². The van der Waals surface area contributed by atoms with Gasteiger partial charge in [0, 0.05) is 41.8 Å². The third-order valence-corrected chi connectivity index (χ3v) is 7.48. The Balaban J connectivity index is 1.37. The van der Waals surface area contributed by atoms with E-state index in [9.17, 15) is 9.59 Å². The molecular weight excluding hydrogens is 500 g/mol. The van der Waals surface area contributed by atoms with Crippen LogP contribution in [0.4, 0.5) is 11.4 Å². The van der Waals surface area contributed by atoms with Gasteiger partial charge in [-0.05, 0) is 54.4 Å². The molecule has 0 radical (unpaired) electrons. The summed E-state index contributed by atoms with van der Waals surface area (Å²) in [5.74, 6) is 1.11. The van der Waals surface area contributed by atoms with E-state index in [0.29, 0.717) is 35.3 Å². The summed E-state index contributed by atoms with van der Waals surface area (Å²) in [6, 6.07) is 22.5. The third-order valence-electron chi connectivity index (χ3n) is 6.31. The minimum Gasteiger partial charge on any atom is -0.497 e. The summed E-state index contributed by atoms with van der Waals surface area (Å²) >= 11 is 1.32. The lowest BCUT2D eigenvalue weighted by molar-refractivity contribution is -0.128. The van der Waals surface area contributed by atoms with E-state index >= 15 is 0 Å². The Labute approximate surface area is 225 Å². The number of hydrogen-bond donors (Lipinski definition) is 2. The molecule has 1 aliphatic heterocycles. The SMILES string of the molecule is COc1cccc(N=C2S[C@H](CC(=O)Nc3ccccc3)C(=O)N2CCc2c[nH]c3ccc(OC)cc23)c1. The summed E-state index contributed by atoms with van der Waals surface area (Å²) in [7, 11) is 3.24. The highest BCUT2D eigenvalue weighted by Gasteiger charge is 2.39. The average Bonchev–Trinajstić information content (AvgIpc) is 3.47. The van der Waals surface area contributed by atoms with Crippen LogP contribution in [0.3, 0.4) is 0 Å². The number of aromatic nitrogens is 1. The number of amidine groups is 1. The van der Waals surface area contributed by atoms with Crippen molar-refractivity contribution < 1.29 is 19.1 Å². The first kappa shape index (κ1) is 25.4. The number of nitrogens with one attached hydrogen (secondary N) is 2. The molecule has 0 aliphatic carbocycles. The highest BCUT2D eigenvalue weighted by molar-refractivity contribution is 8.15. The maximum absolute atomic E-state index is 13.5. The predicted molar refractivity (Wildman–Crippen MR) is 151 cm³/mol. The topological polar surface area (TPSA) is 96.0 Å². The number of aromatic amines is 1. The van der Waals surface area contributed by atoms with Crippen molar-refractivity contribution in [3.05, 3.63) is 84.6 Å². The van der Waals surface area contributed by atoms with Gasteiger partial charge in [0.1, 0.15) is 16.7 Å². The zero-order chi connectivity index (χ0) is 26.5. The lowest BCUT2D eigenvalue weighted by atomic mass is 10.1. The molecule has 1 fully saturated rings. The molecule has 194 valence electrons. The van der Waals surface area contributed by atoms with Crippen LogP contribution in [0.1, 0.15) is 12.0 Å². The summed E-state index contributed by atoms with van der Waals surface area (Å²) < 4.78 is 10.7. The summed E-state index contributed by atoms with van der Waals surface area (Å²) in [4.78, 5) is 36.0. The first-order valence-electron chi connectivity index (χ1n) is 12.2. The minimum atomic E-state index is -0.564. The van der Waals surface area contributed by atoms with Gasteiger partial charge in [0.2, 0.25) is 11.8 Å². The van der Waals surface area contributed by atoms with Crippen molar-refractivity contribution in [3.8, 4) is 11.5 Å². The van der Waals surface area contributed by atoms with Crippen LogP contribution >= 0.6 is 11.8 Å². The zero-order valence-corrected chi connectivity index (χ0v) is 22.0. The van der Waals surface area contributed by atoms with Crippen LogP contribution in [-0.2, 0) is 16.0 Å². The van der Waals surface area contributed by atoms with Gasteiger partial charge >= 0.3 is 0 Å². The number of nitrogens with zero attached hydrogens (tertiary/aromatic N) is 2. The molecule has 0 saturated carbocycles. The molecule has 1 saturated heterocycles. The standard InChI is InChI=1S/C29H28N4O4S/c1-36-22-10-6-9-21(15-22)32-29-33(14-13-19-18-30-25-12-11-23(37-2)16-24(19)25)28(35)26(38-29)17-27(34)31-20-7-4-3-5-8-20/h3-12,15-16,18,26,30H,13-14,17H2,1-2H3,(H,31,34)/t26-/m1/s1. The summed E-state index contributed by atoms with van der Waals surface area (Å²) in [6.07, 6.45) is 2.62. The molecular formula is C29H28N4O4S. The van der Waals surface area contributed by atoms with Gasteiger partial charge in [0.25, 0.3) is 0 Å². The van der Waals surface area contributed by atoms with Crippen molar-refractivity contribution in [1.82, 2.24) is 9.88 Å². The average molecular weight is 529 g/mol. The summed E-state index contributed by atoms with van der Waals surface area (Å²) in [5, 5.41) is 3.93. The van der Waals surface area contributed by atoms with E-state index in [2.05, 4.69) is 10.3 Å². The molecule has 1 aromatic heterocycles. The number of thioether (sulfide) groups is 1. The number of rotatable bonds is 9. The van der Waals surface area contributed by atoms with Crippen LogP contribution in [0.25, 0.3) is 10.9 Å². The molecule has 0 bridgehead atoms. The molecule has 2 heterocycles. The molecule has 38 heavy (non-hydrogen) atoms. The van der Waals surface area contributed by atoms with Gasteiger partial charge in [-0.15, -0.1) is 0 Å². The Morgan fingerprint density at radius 1 is 1.03 bits per heavy atom. The second kappa shape index (κ2) is 11.4. The van der Waals surface area contributed by atoms with Crippen LogP contribution in [-0.4, -0.2) is 52.9 Å². The van der Waals surface area contributed by atoms with Crippen LogP contribution < -0.4 is 14.8 Å². The number of H-pyrrole nitrogens is 1. The highest BCUT2D eigenvalue weighted by Crippen LogP contribution is 2.33. The predicted octanol–water partition coefficient (Wildman–Crippen LogP) is 5.39. The lowest BCUT2D eigenvalue weighted by Crippen LogP contribution is -2.35. The molecule has 0 spiro atoms. The van der Waals surface area contributed by atoms with E-state index < -0.39 is 5.25 Å². The number of amides is 2. The fraction of sp³-hybridized carbons (Fsp3) is 0.207. The molecule has 5 rings (SSSR count). The number of fused-ring (bicyclic) bond motifs is 1. The number of anilines is 1. The van der Waals surface area contributed by atoms with E-state index in [4.69, 9.17) is 14.5 Å². The fourth-order valence-corrected chi connectivity index (χ4v) is 5.53. The first-order chi connectivity index (χ1) is 18.5. The second-order valence-corrected chi connectivity index (χ2v) is 9.96. The molecule has 9 heteroatoms. The van der Waals surface area contributed by atoms with E-state index in [1.54, 1.807) is 19.1 Å². The number of aliphatic imine (C=N–C) groups is 1. The Kier molecular flexibility index (Phi) is 7.65. The maximum atomic E-state index is 13.5. The zero-order valence-electron chi connectivity index (χ0n) is 21.1. The number of para-hydroxylation sites is 1. The normalized spacial score (nSPS) is 16.3. The van der Waals surface area contributed by atoms with E-state index in [1.165, 1.54) is 11.8 Å². The van der Waals surface area contributed by atoms with Gasteiger partial charge in [0.05, 0.1) is 19.9 Å². The van der Waals surface area contributed by atoms with Crippen LogP contribution in [0.5, 0.6) is 11.5 Å². The minimum absolute atomic E-state index is 0.0519. The van der Waals surface area contributed by atoms with Gasteiger partial charge in [-0.2, -0.15) is 0 Å². The van der Waals surface area contributed by atoms with Crippen LogP contribution in [0, 0.1) is 0 Å². The van der Waals surface area contributed by atoms with Gasteiger partial charge in [-0.25, -0.2) is 4.99 Å². The van der Waals surface area contributed by atoms with Crippen molar-refractivity contribution >= 4 is 51.0 Å². The van der Waals surface area contributed by atoms with Gasteiger partial charge in [-0.3, -0.25) is 14.5 Å². The lowest BCUT2D eigenvalue weighted by Gasteiger charge is -2.16. The molecule has 8 nitrogen and oxygen atoms in total. The Morgan fingerprint density at radius 3 is 2.61 bits per heavy atom. The summed E-state index contributed by atoms with van der Waals surface area (Å²) in [6.45, 7) is 0.426. The molecule has 2 amide bonds. The number of methoxy groups -OCH3 is 2. The Bertz CT molecular complexity index is 1480. The van der Waals surface area contributed by atoms with Gasteiger partial charge < -0.3 is 19.8 Å². The van der Waals surface area contributed by atoms with Crippen molar-refractivity contribution in [2.75, 3.05) is 26.1 Å². The second-order valence-electron chi connectivity index (χ2n) is 8.79. The quantitative estimate of drug-likeness (QED) is 0.304. The Morgan fingerprint density at radius 2 is 1.82 bits per heavy atom. The first-order valence-corrected chi connectivity index (χ1v) is 13.1. The number of ether oxygens (including phenoxy) is 2. The number of carbonyl (C=O) groups is 2. The van der Waals surface area contributed by atoms with E-state index in [1.807, 2.05) is 79.0 Å². The molecule has 3 aromatic carbocycles. The smallest absolute Gasteiger partial charge is 0.242 e. The van der Waals surface area contributed by atoms with Crippen molar-refractivity contribution in [3.63, 3.8) is 0 Å². The molecule has 1 atom stereocenters. The molecule has 2 N–H and O–H groups in total. The van der Waals surface area contributed by atoms with Gasteiger partial charge in [-0.1, -0.05) is 36.0 Å². The largest absolute Gasteiger partial charge is 0.497 e. The molecule has 0 unspecified atom stereocenters. The van der Waals surface area contributed by atoms with Crippen LogP contribution in [0.15, 0.2) is 84.0 Å². The maximum Gasteiger partial charge on any atom is 0.242 e. The van der Waals surface area contributed by atoms with Crippen molar-refractivity contribution in [2.45, 2.75) is 18.1 Å².